The van der Waals surface area contributed by atoms with E-state index in [-0.39, 0.29) is 4.90 Å². The molecule has 0 radical (unpaired) electrons. The van der Waals surface area contributed by atoms with E-state index in [1.54, 1.807) is 43.5 Å². The van der Waals surface area contributed by atoms with Crippen molar-refractivity contribution < 1.29 is 13.2 Å². The quantitative estimate of drug-likeness (QED) is 0.402. The Balaban J connectivity index is 1.85. The molecule has 2 aromatic carbocycles. The molecule has 30 heavy (non-hydrogen) atoms. The summed E-state index contributed by atoms with van der Waals surface area (Å²) in [7, 11) is -2.16. The van der Waals surface area contributed by atoms with E-state index in [2.05, 4.69) is 20.3 Å². The van der Waals surface area contributed by atoms with Gasteiger partial charge in [0, 0.05) is 37.5 Å². The molecule has 1 aliphatic rings. The molecular formula is C20H25ClN4O3S2. The van der Waals surface area contributed by atoms with Crippen molar-refractivity contribution in [1.82, 2.24) is 5.32 Å². The van der Waals surface area contributed by atoms with Crippen molar-refractivity contribution in [2.75, 3.05) is 48.3 Å². The fraction of sp³-hybridized carbons (Fsp3) is 0.350. The van der Waals surface area contributed by atoms with Gasteiger partial charge in [0.2, 0.25) is 0 Å². The van der Waals surface area contributed by atoms with E-state index in [1.165, 1.54) is 0 Å². The van der Waals surface area contributed by atoms with Gasteiger partial charge in [0.15, 0.2) is 5.11 Å². The molecule has 1 heterocycles. The van der Waals surface area contributed by atoms with E-state index in [9.17, 15) is 8.42 Å². The highest BCUT2D eigenvalue weighted by atomic mass is 35.5. The number of nitrogens with one attached hydrogen (secondary N) is 3. The predicted octanol–water partition coefficient (Wildman–Crippen LogP) is 3.67. The van der Waals surface area contributed by atoms with Crippen molar-refractivity contribution >= 4 is 56.0 Å². The zero-order chi connectivity index (χ0) is 21.6. The lowest BCUT2D eigenvalue weighted by atomic mass is 10.2. The van der Waals surface area contributed by atoms with Gasteiger partial charge in [0.1, 0.15) is 0 Å². The van der Waals surface area contributed by atoms with E-state index in [0.29, 0.717) is 34.7 Å². The van der Waals surface area contributed by atoms with Gasteiger partial charge in [-0.15, -0.1) is 0 Å². The van der Waals surface area contributed by atoms with Crippen LogP contribution in [0, 0.1) is 0 Å². The van der Waals surface area contributed by atoms with Gasteiger partial charge in [-0.1, -0.05) is 11.6 Å². The highest BCUT2D eigenvalue weighted by Crippen LogP contribution is 2.32. The minimum absolute atomic E-state index is 0.141. The van der Waals surface area contributed by atoms with Gasteiger partial charge in [-0.25, -0.2) is 8.42 Å². The molecule has 7 nitrogen and oxygen atoms in total. The SMILES string of the molecule is COCCNC(=S)Nc1cc(S(=O)(=O)Nc2ccc(Cl)cc2)ccc1N1CCCC1. The normalized spacial score (nSPS) is 13.9. The zero-order valence-corrected chi connectivity index (χ0v) is 19.0. The van der Waals surface area contributed by atoms with Crippen LogP contribution in [-0.4, -0.2) is 46.9 Å². The van der Waals surface area contributed by atoms with E-state index in [0.717, 1.165) is 31.6 Å². The Hall–Kier alpha value is -2.07. The largest absolute Gasteiger partial charge is 0.383 e. The summed E-state index contributed by atoms with van der Waals surface area (Å²) in [4.78, 5) is 2.37. The summed E-state index contributed by atoms with van der Waals surface area (Å²) in [5.74, 6) is 0. The van der Waals surface area contributed by atoms with Gasteiger partial charge in [0.05, 0.1) is 22.9 Å². The Labute approximate surface area is 187 Å². The molecule has 0 bridgehead atoms. The second-order valence-electron chi connectivity index (χ2n) is 6.86. The maximum atomic E-state index is 12.9. The third kappa shape index (κ3) is 5.98. The van der Waals surface area contributed by atoms with Crippen LogP contribution in [0.25, 0.3) is 0 Å². The van der Waals surface area contributed by atoms with Gasteiger partial charge < -0.3 is 20.3 Å². The van der Waals surface area contributed by atoms with Gasteiger partial charge in [-0.3, -0.25) is 4.72 Å². The molecule has 3 N–H and O–H groups in total. The number of nitrogens with zero attached hydrogens (tertiary/aromatic N) is 1. The highest BCUT2D eigenvalue weighted by molar-refractivity contribution is 7.92. The van der Waals surface area contributed by atoms with Crippen LogP contribution in [0.5, 0.6) is 0 Å². The number of thiocarbonyl (C=S) groups is 1. The lowest BCUT2D eigenvalue weighted by Crippen LogP contribution is -2.32. The van der Waals surface area contributed by atoms with Crippen LogP contribution in [0.1, 0.15) is 12.8 Å². The summed E-state index contributed by atoms with van der Waals surface area (Å²) in [5, 5.41) is 7.14. The van der Waals surface area contributed by atoms with Crippen LogP contribution >= 0.6 is 23.8 Å². The number of hydrogen-bond acceptors (Lipinski definition) is 5. The molecule has 0 aromatic heterocycles. The Bertz CT molecular complexity index is 978. The third-order valence-electron chi connectivity index (χ3n) is 4.66. The molecule has 0 unspecified atom stereocenters. The van der Waals surface area contributed by atoms with E-state index >= 15 is 0 Å². The minimum atomic E-state index is -3.78. The third-order valence-corrected chi connectivity index (χ3v) is 6.54. The average molecular weight is 469 g/mol. The van der Waals surface area contributed by atoms with Gasteiger partial charge >= 0.3 is 0 Å². The number of sulfonamides is 1. The maximum Gasteiger partial charge on any atom is 0.261 e. The van der Waals surface area contributed by atoms with E-state index < -0.39 is 10.0 Å². The van der Waals surface area contributed by atoms with Crippen molar-refractivity contribution in [1.29, 1.82) is 0 Å². The fourth-order valence-corrected chi connectivity index (χ4v) is 4.60. The standard InChI is InChI=1S/C20H25ClN4O3S2/c1-28-13-10-22-20(29)23-18-14-17(8-9-19(18)25-11-2-3-12-25)30(26,27)24-16-6-4-15(21)5-7-16/h4-9,14,24H,2-3,10-13H2,1H3,(H2,22,23,29). The molecule has 2 aromatic rings. The molecule has 0 amide bonds. The Morgan fingerprint density at radius 2 is 1.87 bits per heavy atom. The van der Waals surface area contributed by atoms with Crippen molar-refractivity contribution in [2.45, 2.75) is 17.7 Å². The summed E-state index contributed by atoms with van der Waals surface area (Å²) in [6.45, 7) is 2.92. The minimum Gasteiger partial charge on any atom is -0.383 e. The van der Waals surface area contributed by atoms with Crippen LogP contribution in [0.4, 0.5) is 17.1 Å². The number of rotatable bonds is 8. The fourth-order valence-electron chi connectivity index (χ4n) is 3.18. The first kappa shape index (κ1) is 22.6. The molecule has 0 spiro atoms. The number of halogens is 1. The topological polar surface area (TPSA) is 82.7 Å². The first-order valence-corrected chi connectivity index (χ1v) is 11.9. The molecule has 0 aliphatic carbocycles. The van der Waals surface area contributed by atoms with Crippen molar-refractivity contribution in [3.63, 3.8) is 0 Å². The maximum absolute atomic E-state index is 12.9. The highest BCUT2D eigenvalue weighted by Gasteiger charge is 2.21. The number of hydrogen-bond donors (Lipinski definition) is 3. The van der Waals surface area contributed by atoms with E-state index in [1.807, 2.05) is 6.07 Å². The molecule has 0 atom stereocenters. The molecule has 162 valence electrons. The Morgan fingerprint density at radius 1 is 1.17 bits per heavy atom. The van der Waals surface area contributed by atoms with E-state index in [4.69, 9.17) is 28.6 Å². The summed E-state index contributed by atoms with van der Waals surface area (Å²) < 4.78 is 33.4. The summed E-state index contributed by atoms with van der Waals surface area (Å²) >= 11 is 11.2. The van der Waals surface area contributed by atoms with Gasteiger partial charge in [-0.05, 0) is 67.5 Å². The lowest BCUT2D eigenvalue weighted by Gasteiger charge is -2.23. The van der Waals surface area contributed by atoms with Gasteiger partial charge in [0.25, 0.3) is 10.0 Å². The smallest absolute Gasteiger partial charge is 0.261 e. The predicted molar refractivity (Wildman–Crippen MR) is 126 cm³/mol. The Morgan fingerprint density at radius 3 is 2.53 bits per heavy atom. The summed E-state index contributed by atoms with van der Waals surface area (Å²) in [6.07, 6.45) is 2.21. The summed E-state index contributed by atoms with van der Waals surface area (Å²) in [6, 6.07) is 11.5. The number of ether oxygens (including phenoxy) is 1. The molecule has 10 heteroatoms. The second kappa shape index (κ2) is 10.3. The van der Waals surface area contributed by atoms with Crippen LogP contribution in [-0.2, 0) is 14.8 Å². The van der Waals surface area contributed by atoms with Gasteiger partial charge in [-0.2, -0.15) is 0 Å². The molecule has 1 saturated heterocycles. The number of benzene rings is 2. The molecule has 1 aliphatic heterocycles. The first-order chi connectivity index (χ1) is 14.4. The van der Waals surface area contributed by atoms with Crippen molar-refractivity contribution in [2.24, 2.45) is 0 Å². The molecule has 0 saturated carbocycles. The van der Waals surface area contributed by atoms with Crippen LogP contribution < -0.4 is 20.3 Å². The number of methoxy groups -OCH3 is 1. The molecule has 3 rings (SSSR count). The zero-order valence-electron chi connectivity index (χ0n) is 16.7. The lowest BCUT2D eigenvalue weighted by molar-refractivity contribution is 0.204. The van der Waals surface area contributed by atoms with Crippen molar-refractivity contribution in [3.8, 4) is 0 Å². The monoisotopic (exact) mass is 468 g/mol. The number of anilines is 3. The molecule has 1 fully saturated rings. The van der Waals surface area contributed by atoms with Crippen molar-refractivity contribution in [3.05, 3.63) is 47.5 Å². The van der Waals surface area contributed by atoms with Crippen LogP contribution in [0.3, 0.4) is 0 Å². The molecular weight excluding hydrogens is 444 g/mol. The second-order valence-corrected chi connectivity index (χ2v) is 9.39. The average Bonchev–Trinajstić information content (AvgIpc) is 3.24. The Kier molecular flexibility index (Phi) is 7.76. The van der Waals surface area contributed by atoms with Crippen LogP contribution in [0.2, 0.25) is 5.02 Å². The summed E-state index contributed by atoms with van der Waals surface area (Å²) in [5.41, 5.74) is 2.01. The first-order valence-electron chi connectivity index (χ1n) is 9.60. The van der Waals surface area contributed by atoms with Crippen LogP contribution in [0.15, 0.2) is 47.4 Å².